The highest BCUT2D eigenvalue weighted by atomic mass is 35.5. The van der Waals surface area contributed by atoms with Crippen LogP contribution in [0.15, 0.2) is 23.1 Å². The first kappa shape index (κ1) is 8.66. The van der Waals surface area contributed by atoms with Gasteiger partial charge in [-0.25, -0.2) is 4.28 Å². The fourth-order valence-corrected chi connectivity index (χ4v) is 2.86. The highest BCUT2D eigenvalue weighted by molar-refractivity contribution is 8.31. The predicted molar refractivity (Wildman–Crippen MR) is 52.5 cm³/mol. The Morgan fingerprint density at radius 2 is 1.75 bits per heavy atom. The van der Waals surface area contributed by atoms with Gasteiger partial charge in [0, 0.05) is 21.2 Å². The third-order valence-electron chi connectivity index (χ3n) is 1.62. The number of benzene rings is 1. The van der Waals surface area contributed by atoms with Crippen LogP contribution < -0.4 is 4.89 Å². The van der Waals surface area contributed by atoms with Gasteiger partial charge in [-0.3, -0.25) is 0 Å². The molecule has 0 aromatic heterocycles. The van der Waals surface area contributed by atoms with Crippen LogP contribution in [-0.4, -0.2) is 6.26 Å². The number of hydrogen-bond donors (Lipinski definition) is 1. The first-order valence-corrected chi connectivity index (χ1v) is 6.02. The van der Waals surface area contributed by atoms with Gasteiger partial charge in [-0.2, -0.15) is 0 Å². The molecule has 0 amide bonds. The summed E-state index contributed by atoms with van der Waals surface area (Å²) in [7, 11) is -1.22. The molecule has 1 unspecified atom stereocenters. The van der Waals surface area contributed by atoms with Crippen molar-refractivity contribution >= 4 is 33.7 Å². The number of rotatable bonds is 1. The van der Waals surface area contributed by atoms with E-state index >= 15 is 0 Å². The summed E-state index contributed by atoms with van der Waals surface area (Å²) in [4.78, 5) is 3.88. The lowest BCUT2D eigenvalue weighted by Crippen LogP contribution is -1.84. The molecule has 1 atom stereocenters. The number of hydrogen-bond acceptors (Lipinski definition) is 2. The summed E-state index contributed by atoms with van der Waals surface area (Å²) in [5, 5.41) is 1.28. The maximum Gasteiger partial charge on any atom is 0.0432 e. The Morgan fingerprint density at radius 1 is 1.25 bits per heavy atom. The Labute approximate surface area is 82.4 Å². The summed E-state index contributed by atoms with van der Waals surface area (Å²) in [5.41, 5.74) is 0. The topological polar surface area (TPSA) is 34.5 Å². The zero-order chi connectivity index (χ0) is 8.77. The average Bonchev–Trinajstić information content (AvgIpc) is 2.67. The van der Waals surface area contributed by atoms with Crippen molar-refractivity contribution in [3.05, 3.63) is 28.2 Å². The van der Waals surface area contributed by atoms with E-state index in [1.807, 2.05) is 18.4 Å². The molecule has 0 radical (unpaired) electrons. The molecule has 1 aromatic rings. The molecule has 66 valence electrons. The van der Waals surface area contributed by atoms with E-state index in [0.29, 0.717) is 10.0 Å². The molecule has 1 aliphatic heterocycles. The first-order valence-electron chi connectivity index (χ1n) is 3.30. The van der Waals surface area contributed by atoms with E-state index in [2.05, 4.69) is 4.89 Å². The van der Waals surface area contributed by atoms with Gasteiger partial charge in [0.15, 0.2) is 0 Å². The lowest BCUT2D eigenvalue weighted by atomic mass is 10.4. The van der Waals surface area contributed by atoms with Gasteiger partial charge in [0.2, 0.25) is 0 Å². The largest absolute Gasteiger partial charge is 0.222 e. The predicted octanol–water partition coefficient (Wildman–Crippen LogP) is 3.15. The summed E-state index contributed by atoms with van der Waals surface area (Å²) < 4.78 is 5.11. The van der Waals surface area contributed by atoms with Gasteiger partial charge < -0.3 is 0 Å². The molecule has 1 aromatic carbocycles. The van der Waals surface area contributed by atoms with E-state index in [0.717, 1.165) is 4.90 Å². The SMILES string of the molecule is CS1(c2cc(Cl)cc(Cl)c2)NO1. The van der Waals surface area contributed by atoms with Gasteiger partial charge in [0.1, 0.15) is 0 Å². The Hall–Kier alpha value is 0.0700. The van der Waals surface area contributed by atoms with Crippen molar-refractivity contribution < 1.29 is 4.28 Å². The van der Waals surface area contributed by atoms with Crippen LogP contribution in [0.5, 0.6) is 0 Å². The maximum atomic E-state index is 5.83. The van der Waals surface area contributed by atoms with Gasteiger partial charge >= 0.3 is 0 Å². The molecule has 0 aliphatic carbocycles. The number of nitrogens with one attached hydrogen (secondary N) is 1. The van der Waals surface area contributed by atoms with E-state index < -0.39 is 10.5 Å². The standard InChI is InChI=1S/C7H7Cl2NOS/c1-12(10-11-12)7-3-5(8)2-6(9)4-7/h2-4,10H,1H3. The van der Waals surface area contributed by atoms with Crippen molar-refractivity contribution in [1.82, 2.24) is 4.89 Å². The van der Waals surface area contributed by atoms with Gasteiger partial charge in [-0.05, 0) is 28.7 Å². The van der Waals surface area contributed by atoms with Crippen molar-refractivity contribution in [2.45, 2.75) is 4.90 Å². The molecular weight excluding hydrogens is 217 g/mol. The fourth-order valence-electron chi connectivity index (χ4n) is 0.901. The molecule has 0 bridgehead atoms. The highest BCUT2D eigenvalue weighted by Gasteiger charge is 2.36. The highest BCUT2D eigenvalue weighted by Crippen LogP contribution is 2.61. The lowest BCUT2D eigenvalue weighted by molar-refractivity contribution is 0.468. The van der Waals surface area contributed by atoms with Gasteiger partial charge in [0.05, 0.1) is 0 Å². The molecule has 5 heteroatoms. The average molecular weight is 224 g/mol. The second kappa shape index (κ2) is 2.79. The summed E-state index contributed by atoms with van der Waals surface area (Å²) in [5.74, 6) is 0. The van der Waals surface area contributed by atoms with Crippen LogP contribution in [0.1, 0.15) is 0 Å². The van der Waals surface area contributed by atoms with Crippen LogP contribution in [0.25, 0.3) is 0 Å². The van der Waals surface area contributed by atoms with Crippen LogP contribution in [0.4, 0.5) is 0 Å². The minimum absolute atomic E-state index is 0.642. The van der Waals surface area contributed by atoms with Crippen LogP contribution in [0.2, 0.25) is 10.0 Å². The zero-order valence-electron chi connectivity index (χ0n) is 6.30. The maximum absolute atomic E-state index is 5.83. The summed E-state index contributed by atoms with van der Waals surface area (Å²) in [6, 6.07) is 5.43. The summed E-state index contributed by atoms with van der Waals surface area (Å²) in [6.07, 6.45) is 2.00. The summed E-state index contributed by atoms with van der Waals surface area (Å²) >= 11 is 11.7. The minimum atomic E-state index is -1.22. The molecule has 12 heavy (non-hydrogen) atoms. The molecule has 1 N–H and O–H groups in total. The van der Waals surface area contributed by atoms with E-state index in [1.165, 1.54) is 0 Å². The molecule has 1 fully saturated rings. The third kappa shape index (κ3) is 1.56. The van der Waals surface area contributed by atoms with E-state index in [9.17, 15) is 0 Å². The van der Waals surface area contributed by atoms with Crippen molar-refractivity contribution in [2.24, 2.45) is 0 Å². The second-order valence-corrected chi connectivity index (χ2v) is 5.98. The smallest absolute Gasteiger partial charge is 0.0432 e. The molecule has 0 spiro atoms. The third-order valence-corrected chi connectivity index (χ3v) is 3.86. The van der Waals surface area contributed by atoms with Gasteiger partial charge in [0.25, 0.3) is 0 Å². The van der Waals surface area contributed by atoms with Gasteiger partial charge in [-0.1, -0.05) is 23.2 Å². The molecular formula is C7H7Cl2NOS. The molecule has 1 aliphatic rings. The fraction of sp³-hybridized carbons (Fsp3) is 0.143. The molecule has 1 saturated heterocycles. The monoisotopic (exact) mass is 223 g/mol. The normalized spacial score (nSPS) is 32.6. The Bertz CT molecular complexity index is 307. The van der Waals surface area contributed by atoms with Gasteiger partial charge in [-0.15, -0.1) is 4.89 Å². The second-order valence-electron chi connectivity index (χ2n) is 2.62. The first-order chi connectivity index (χ1) is 5.60. The zero-order valence-corrected chi connectivity index (χ0v) is 8.63. The Balaban J connectivity index is 2.44. The van der Waals surface area contributed by atoms with Crippen LogP contribution >= 0.6 is 33.7 Å². The Kier molecular flexibility index (Phi) is 2.01. The minimum Gasteiger partial charge on any atom is -0.222 e. The van der Waals surface area contributed by atoms with E-state index in [-0.39, 0.29) is 0 Å². The molecule has 1 heterocycles. The number of halogens is 2. The van der Waals surface area contributed by atoms with Crippen molar-refractivity contribution in [1.29, 1.82) is 0 Å². The van der Waals surface area contributed by atoms with Crippen molar-refractivity contribution in [3.63, 3.8) is 0 Å². The van der Waals surface area contributed by atoms with E-state index in [1.54, 1.807) is 6.07 Å². The molecule has 0 saturated carbocycles. The van der Waals surface area contributed by atoms with Crippen LogP contribution in [0, 0.1) is 0 Å². The van der Waals surface area contributed by atoms with Crippen LogP contribution in [0.3, 0.4) is 0 Å². The van der Waals surface area contributed by atoms with Crippen molar-refractivity contribution in [3.8, 4) is 0 Å². The summed E-state index contributed by atoms with van der Waals surface area (Å²) in [6.45, 7) is 0. The Morgan fingerprint density at radius 3 is 2.17 bits per heavy atom. The van der Waals surface area contributed by atoms with E-state index in [4.69, 9.17) is 27.5 Å². The van der Waals surface area contributed by atoms with Crippen LogP contribution in [-0.2, 0) is 4.28 Å². The lowest BCUT2D eigenvalue weighted by Gasteiger charge is -2.07. The molecule has 2 rings (SSSR count). The molecule has 2 nitrogen and oxygen atoms in total. The van der Waals surface area contributed by atoms with Crippen molar-refractivity contribution in [2.75, 3.05) is 6.26 Å². The quantitative estimate of drug-likeness (QED) is 0.743.